The van der Waals surface area contributed by atoms with Crippen molar-refractivity contribution in [3.63, 3.8) is 0 Å². The Balaban J connectivity index is 1.97. The number of hydrogen-bond acceptors (Lipinski definition) is 1. The van der Waals surface area contributed by atoms with Crippen LogP contribution in [0.1, 0.15) is 19.3 Å². The summed E-state index contributed by atoms with van der Waals surface area (Å²) in [6.07, 6.45) is 8.41. The highest BCUT2D eigenvalue weighted by Crippen LogP contribution is 2.55. The van der Waals surface area contributed by atoms with E-state index < -0.39 is 0 Å². The molecule has 0 aliphatic heterocycles. The van der Waals surface area contributed by atoms with Crippen LogP contribution in [-0.2, 0) is 0 Å². The number of rotatable bonds is 0. The molecular formula is C10H14O. The van der Waals surface area contributed by atoms with E-state index in [2.05, 4.69) is 12.2 Å². The lowest BCUT2D eigenvalue weighted by Gasteiger charge is -2.22. The molecule has 0 radical (unpaired) electrons. The van der Waals surface area contributed by atoms with E-state index in [0.717, 1.165) is 24.2 Å². The zero-order chi connectivity index (χ0) is 7.42. The van der Waals surface area contributed by atoms with Gasteiger partial charge >= 0.3 is 0 Å². The Labute approximate surface area is 67.1 Å². The molecule has 3 aliphatic carbocycles. The third-order valence-electron chi connectivity index (χ3n) is 3.93. The molecule has 0 saturated heterocycles. The van der Waals surface area contributed by atoms with Gasteiger partial charge in [0.05, 0.1) is 6.10 Å². The molecule has 2 saturated carbocycles. The maximum absolute atomic E-state index is 9.69. The number of hydrogen-bond donors (Lipinski definition) is 1. The highest BCUT2D eigenvalue weighted by Gasteiger charge is 2.50. The van der Waals surface area contributed by atoms with E-state index >= 15 is 0 Å². The van der Waals surface area contributed by atoms with E-state index in [0.29, 0.717) is 5.92 Å². The second kappa shape index (κ2) is 1.89. The van der Waals surface area contributed by atoms with Gasteiger partial charge in [-0.05, 0) is 42.9 Å². The van der Waals surface area contributed by atoms with E-state index in [-0.39, 0.29) is 6.10 Å². The lowest BCUT2D eigenvalue weighted by atomic mass is 9.85. The van der Waals surface area contributed by atoms with Crippen molar-refractivity contribution < 1.29 is 5.11 Å². The minimum absolute atomic E-state index is 0.0277. The zero-order valence-corrected chi connectivity index (χ0v) is 6.61. The van der Waals surface area contributed by atoms with Crippen molar-refractivity contribution in [1.82, 2.24) is 0 Å². The van der Waals surface area contributed by atoms with Crippen molar-refractivity contribution in [1.29, 1.82) is 0 Å². The first-order valence-corrected chi connectivity index (χ1v) is 4.72. The monoisotopic (exact) mass is 150 g/mol. The molecule has 1 nitrogen and oxygen atoms in total. The summed E-state index contributed by atoms with van der Waals surface area (Å²) in [5, 5.41) is 9.69. The quantitative estimate of drug-likeness (QED) is 0.520. The molecule has 0 aromatic carbocycles. The topological polar surface area (TPSA) is 20.2 Å². The van der Waals surface area contributed by atoms with E-state index in [1.807, 2.05) is 0 Å². The summed E-state index contributed by atoms with van der Waals surface area (Å²) < 4.78 is 0. The highest BCUT2D eigenvalue weighted by atomic mass is 16.3. The summed E-state index contributed by atoms with van der Waals surface area (Å²) in [4.78, 5) is 0. The van der Waals surface area contributed by atoms with Crippen LogP contribution in [0.25, 0.3) is 0 Å². The lowest BCUT2D eigenvalue weighted by Crippen LogP contribution is -2.22. The van der Waals surface area contributed by atoms with Gasteiger partial charge in [-0.15, -0.1) is 0 Å². The molecule has 0 aromatic rings. The fourth-order valence-electron chi connectivity index (χ4n) is 3.50. The predicted molar refractivity (Wildman–Crippen MR) is 43.0 cm³/mol. The van der Waals surface area contributed by atoms with Gasteiger partial charge in [0.2, 0.25) is 0 Å². The molecule has 3 rings (SSSR count). The zero-order valence-electron chi connectivity index (χ0n) is 6.61. The molecule has 1 heteroatoms. The molecule has 2 bridgehead atoms. The minimum atomic E-state index is 0.0277. The van der Waals surface area contributed by atoms with Gasteiger partial charge in [-0.2, -0.15) is 0 Å². The van der Waals surface area contributed by atoms with Gasteiger partial charge in [-0.1, -0.05) is 12.2 Å². The van der Waals surface area contributed by atoms with Gasteiger partial charge in [-0.25, -0.2) is 0 Å². The number of allylic oxidation sites excluding steroid dienone is 2. The van der Waals surface area contributed by atoms with Gasteiger partial charge in [0.15, 0.2) is 0 Å². The van der Waals surface area contributed by atoms with Crippen LogP contribution in [0.3, 0.4) is 0 Å². The van der Waals surface area contributed by atoms with Crippen molar-refractivity contribution in [2.24, 2.45) is 23.7 Å². The molecule has 0 unspecified atom stereocenters. The third kappa shape index (κ3) is 0.652. The van der Waals surface area contributed by atoms with Crippen LogP contribution in [0.5, 0.6) is 0 Å². The minimum Gasteiger partial charge on any atom is -0.393 e. The van der Waals surface area contributed by atoms with Gasteiger partial charge in [0, 0.05) is 0 Å². The van der Waals surface area contributed by atoms with Crippen LogP contribution >= 0.6 is 0 Å². The molecule has 11 heavy (non-hydrogen) atoms. The summed E-state index contributed by atoms with van der Waals surface area (Å²) in [7, 11) is 0. The molecule has 60 valence electrons. The summed E-state index contributed by atoms with van der Waals surface area (Å²) in [5.74, 6) is 3.06. The molecule has 0 aromatic heterocycles. The van der Waals surface area contributed by atoms with Crippen LogP contribution in [0, 0.1) is 23.7 Å². The summed E-state index contributed by atoms with van der Waals surface area (Å²) in [6.45, 7) is 0. The maximum Gasteiger partial charge on any atom is 0.0577 e. The molecule has 3 aliphatic rings. The number of fused-ring (bicyclic) bond motifs is 5. The van der Waals surface area contributed by atoms with E-state index in [1.165, 1.54) is 12.8 Å². The Hall–Kier alpha value is -0.300. The van der Waals surface area contributed by atoms with Crippen molar-refractivity contribution in [2.75, 3.05) is 0 Å². The first-order chi connectivity index (χ1) is 5.36. The molecule has 0 spiro atoms. The second-order valence-electron chi connectivity index (χ2n) is 4.33. The Morgan fingerprint density at radius 3 is 2.73 bits per heavy atom. The lowest BCUT2D eigenvalue weighted by molar-refractivity contribution is 0.108. The van der Waals surface area contributed by atoms with E-state index in [1.54, 1.807) is 0 Å². The first kappa shape index (κ1) is 6.24. The number of aliphatic hydroxyl groups excluding tert-OH is 1. The maximum atomic E-state index is 9.69. The van der Waals surface area contributed by atoms with Crippen molar-refractivity contribution in [3.05, 3.63) is 12.2 Å². The largest absolute Gasteiger partial charge is 0.393 e. The number of aliphatic hydroxyl groups is 1. The summed E-state index contributed by atoms with van der Waals surface area (Å²) in [5.41, 5.74) is 0. The standard InChI is InChI=1S/C10H14O/c11-9-4-3-8-6-1-2-7(5-6)10(8)9/h1-2,6-11H,3-5H2/t6-,7+,8-,9+,10-/m0/s1. The Kier molecular flexibility index (Phi) is 1.07. The Bertz CT molecular complexity index is 209. The average molecular weight is 150 g/mol. The van der Waals surface area contributed by atoms with Gasteiger partial charge in [-0.3, -0.25) is 0 Å². The van der Waals surface area contributed by atoms with Gasteiger partial charge in [0.25, 0.3) is 0 Å². The van der Waals surface area contributed by atoms with Crippen molar-refractivity contribution in [3.8, 4) is 0 Å². The van der Waals surface area contributed by atoms with Crippen LogP contribution in [-0.4, -0.2) is 11.2 Å². The fraction of sp³-hybridized carbons (Fsp3) is 0.800. The second-order valence-corrected chi connectivity index (χ2v) is 4.33. The van der Waals surface area contributed by atoms with Crippen molar-refractivity contribution >= 4 is 0 Å². The SMILES string of the molecule is O[C@@H]1CC[C@@H]2[C@@H]1[C@@H]1C=C[C@H]2C1. The summed E-state index contributed by atoms with van der Waals surface area (Å²) in [6, 6.07) is 0. The van der Waals surface area contributed by atoms with E-state index in [4.69, 9.17) is 0 Å². The van der Waals surface area contributed by atoms with Gasteiger partial charge in [0.1, 0.15) is 0 Å². The van der Waals surface area contributed by atoms with Crippen LogP contribution in [0.15, 0.2) is 12.2 Å². The third-order valence-corrected chi connectivity index (χ3v) is 3.93. The fourth-order valence-corrected chi connectivity index (χ4v) is 3.50. The molecule has 5 atom stereocenters. The molecule has 1 N–H and O–H groups in total. The van der Waals surface area contributed by atoms with Crippen LogP contribution in [0.2, 0.25) is 0 Å². The smallest absolute Gasteiger partial charge is 0.0577 e. The van der Waals surface area contributed by atoms with E-state index in [9.17, 15) is 5.11 Å². The molecule has 0 amide bonds. The van der Waals surface area contributed by atoms with Crippen LogP contribution < -0.4 is 0 Å². The van der Waals surface area contributed by atoms with Crippen LogP contribution in [0.4, 0.5) is 0 Å². The Morgan fingerprint density at radius 2 is 1.91 bits per heavy atom. The highest BCUT2D eigenvalue weighted by molar-refractivity contribution is 5.16. The Morgan fingerprint density at radius 1 is 1.09 bits per heavy atom. The summed E-state index contributed by atoms with van der Waals surface area (Å²) >= 11 is 0. The normalized spacial score (nSPS) is 58.8. The predicted octanol–water partition coefficient (Wildman–Crippen LogP) is 1.58. The van der Waals surface area contributed by atoms with Crippen molar-refractivity contribution in [2.45, 2.75) is 25.4 Å². The average Bonchev–Trinajstić information content (AvgIpc) is 2.60. The first-order valence-electron chi connectivity index (χ1n) is 4.72. The van der Waals surface area contributed by atoms with Gasteiger partial charge < -0.3 is 5.11 Å². The molecular weight excluding hydrogens is 136 g/mol. The molecule has 0 heterocycles. The molecule has 2 fully saturated rings.